The van der Waals surface area contributed by atoms with E-state index in [1.165, 1.54) is 0 Å². The molecular weight excluding hydrogens is 410 g/mol. The minimum absolute atomic E-state index is 0.0433. The summed E-state index contributed by atoms with van der Waals surface area (Å²) in [5.41, 5.74) is 2.89. The van der Waals surface area contributed by atoms with Crippen LogP contribution in [0.4, 0.5) is 10.5 Å². The third-order valence-electron chi connectivity index (χ3n) is 6.05. The molecule has 2 saturated heterocycles. The standard InChI is InChI=1S/C23H31N5O2S/c1-17-25-21(16-31-17)15-27-11-7-19(8-12-27)22(29)24-14-18-5-4-6-20(13-18)26-23(30)28-9-2-3-10-28/h4-6,13,16,19H,2-3,7-12,14-15H2,1H3,(H,24,29)(H,26,30). The Morgan fingerprint density at radius 1 is 1.16 bits per heavy atom. The first kappa shape index (κ1) is 21.8. The van der Waals surface area contributed by atoms with Crippen molar-refractivity contribution in [2.75, 3.05) is 31.5 Å². The number of nitrogens with one attached hydrogen (secondary N) is 2. The van der Waals surface area contributed by atoms with Crippen LogP contribution in [0.15, 0.2) is 29.6 Å². The van der Waals surface area contributed by atoms with Crippen molar-refractivity contribution < 1.29 is 9.59 Å². The quantitative estimate of drug-likeness (QED) is 0.718. The molecule has 0 radical (unpaired) electrons. The zero-order valence-electron chi connectivity index (χ0n) is 18.1. The smallest absolute Gasteiger partial charge is 0.321 e. The van der Waals surface area contributed by atoms with Gasteiger partial charge in [0.2, 0.25) is 5.91 Å². The molecule has 2 aliphatic heterocycles. The third kappa shape index (κ3) is 6.04. The van der Waals surface area contributed by atoms with Gasteiger partial charge < -0.3 is 15.5 Å². The molecule has 3 amide bonds. The number of thiazole rings is 1. The fourth-order valence-electron chi connectivity index (χ4n) is 4.28. The summed E-state index contributed by atoms with van der Waals surface area (Å²) in [5, 5.41) is 9.27. The predicted molar refractivity (Wildman–Crippen MR) is 123 cm³/mol. The second-order valence-corrected chi connectivity index (χ2v) is 9.51. The van der Waals surface area contributed by atoms with Gasteiger partial charge in [-0.15, -0.1) is 11.3 Å². The molecule has 3 heterocycles. The molecule has 166 valence electrons. The lowest BCUT2D eigenvalue weighted by molar-refractivity contribution is -0.126. The maximum Gasteiger partial charge on any atom is 0.321 e. The third-order valence-corrected chi connectivity index (χ3v) is 6.87. The van der Waals surface area contributed by atoms with Crippen LogP contribution < -0.4 is 10.6 Å². The van der Waals surface area contributed by atoms with E-state index in [1.807, 2.05) is 36.1 Å². The number of nitrogens with zero attached hydrogens (tertiary/aromatic N) is 3. The van der Waals surface area contributed by atoms with Gasteiger partial charge in [-0.25, -0.2) is 9.78 Å². The van der Waals surface area contributed by atoms with E-state index in [9.17, 15) is 9.59 Å². The van der Waals surface area contributed by atoms with E-state index in [-0.39, 0.29) is 17.9 Å². The van der Waals surface area contributed by atoms with Gasteiger partial charge in [0.15, 0.2) is 0 Å². The zero-order chi connectivity index (χ0) is 21.6. The highest BCUT2D eigenvalue weighted by molar-refractivity contribution is 7.09. The minimum atomic E-state index is -0.0433. The van der Waals surface area contributed by atoms with E-state index in [4.69, 9.17) is 0 Å². The number of piperidine rings is 1. The van der Waals surface area contributed by atoms with Crippen LogP contribution in [-0.4, -0.2) is 52.9 Å². The fraction of sp³-hybridized carbons (Fsp3) is 0.522. The molecular formula is C23H31N5O2S. The van der Waals surface area contributed by atoms with Gasteiger partial charge in [-0.3, -0.25) is 9.69 Å². The summed E-state index contributed by atoms with van der Waals surface area (Å²) < 4.78 is 0. The molecule has 31 heavy (non-hydrogen) atoms. The molecule has 0 spiro atoms. The van der Waals surface area contributed by atoms with Crippen LogP contribution in [-0.2, 0) is 17.9 Å². The highest BCUT2D eigenvalue weighted by Gasteiger charge is 2.25. The Bertz CT molecular complexity index is 901. The Kier molecular flexibility index (Phi) is 7.19. The van der Waals surface area contributed by atoms with Gasteiger partial charge in [-0.2, -0.15) is 0 Å². The van der Waals surface area contributed by atoms with Gasteiger partial charge in [0.1, 0.15) is 0 Å². The topological polar surface area (TPSA) is 77.6 Å². The van der Waals surface area contributed by atoms with Crippen molar-refractivity contribution in [1.82, 2.24) is 20.1 Å². The molecule has 0 atom stereocenters. The number of carbonyl (C=O) groups is 2. The number of carbonyl (C=O) groups excluding carboxylic acids is 2. The van der Waals surface area contributed by atoms with E-state index < -0.39 is 0 Å². The highest BCUT2D eigenvalue weighted by Crippen LogP contribution is 2.20. The monoisotopic (exact) mass is 441 g/mol. The molecule has 7 nitrogen and oxygen atoms in total. The number of amides is 3. The number of hydrogen-bond acceptors (Lipinski definition) is 5. The summed E-state index contributed by atoms with van der Waals surface area (Å²) >= 11 is 1.69. The Morgan fingerprint density at radius 3 is 2.65 bits per heavy atom. The fourth-order valence-corrected chi connectivity index (χ4v) is 4.88. The van der Waals surface area contributed by atoms with Crippen molar-refractivity contribution in [3.05, 3.63) is 45.9 Å². The normalized spacial score (nSPS) is 17.6. The first-order valence-corrected chi connectivity index (χ1v) is 12.0. The lowest BCUT2D eigenvalue weighted by Crippen LogP contribution is -2.40. The number of aromatic nitrogens is 1. The lowest BCUT2D eigenvalue weighted by Gasteiger charge is -2.30. The van der Waals surface area contributed by atoms with Crippen molar-refractivity contribution in [2.45, 2.75) is 45.7 Å². The number of hydrogen-bond donors (Lipinski definition) is 2. The molecule has 0 saturated carbocycles. The summed E-state index contributed by atoms with van der Waals surface area (Å²) in [5.74, 6) is 0.183. The van der Waals surface area contributed by atoms with E-state index in [1.54, 1.807) is 11.3 Å². The molecule has 2 fully saturated rings. The number of benzene rings is 1. The zero-order valence-corrected chi connectivity index (χ0v) is 18.9. The van der Waals surface area contributed by atoms with Crippen molar-refractivity contribution in [2.24, 2.45) is 5.92 Å². The number of likely N-dealkylation sites (tertiary alicyclic amines) is 2. The maximum absolute atomic E-state index is 12.7. The first-order valence-electron chi connectivity index (χ1n) is 11.1. The molecule has 8 heteroatoms. The Hall–Kier alpha value is -2.45. The van der Waals surface area contributed by atoms with Gasteiger partial charge in [-0.1, -0.05) is 12.1 Å². The van der Waals surface area contributed by atoms with E-state index in [0.29, 0.717) is 6.54 Å². The second kappa shape index (κ2) is 10.2. The average Bonchev–Trinajstić information content (AvgIpc) is 3.45. The molecule has 1 aromatic heterocycles. The van der Waals surface area contributed by atoms with E-state index in [0.717, 1.165) is 80.4 Å². The van der Waals surface area contributed by atoms with Crippen LogP contribution in [0.2, 0.25) is 0 Å². The van der Waals surface area contributed by atoms with Crippen LogP contribution in [0.25, 0.3) is 0 Å². The molecule has 0 unspecified atom stereocenters. The maximum atomic E-state index is 12.7. The Morgan fingerprint density at radius 2 is 1.94 bits per heavy atom. The van der Waals surface area contributed by atoms with E-state index in [2.05, 4.69) is 25.9 Å². The number of aryl methyl sites for hydroxylation is 1. The van der Waals surface area contributed by atoms with E-state index >= 15 is 0 Å². The Balaban J connectivity index is 1.21. The van der Waals surface area contributed by atoms with Crippen molar-refractivity contribution in [3.63, 3.8) is 0 Å². The van der Waals surface area contributed by atoms with Crippen molar-refractivity contribution in [1.29, 1.82) is 0 Å². The summed E-state index contributed by atoms with van der Waals surface area (Å²) in [7, 11) is 0. The molecule has 0 bridgehead atoms. The van der Waals surface area contributed by atoms with Gasteiger partial charge in [0.05, 0.1) is 10.7 Å². The number of rotatable bonds is 6. The molecule has 0 aliphatic carbocycles. The first-order chi connectivity index (χ1) is 15.1. The van der Waals surface area contributed by atoms with Crippen LogP contribution in [0.1, 0.15) is 41.9 Å². The van der Waals surface area contributed by atoms with Crippen LogP contribution in [0, 0.1) is 12.8 Å². The lowest BCUT2D eigenvalue weighted by atomic mass is 9.95. The summed E-state index contributed by atoms with van der Waals surface area (Å²) in [6.07, 6.45) is 3.90. The average molecular weight is 442 g/mol. The van der Waals surface area contributed by atoms with Crippen LogP contribution >= 0.6 is 11.3 Å². The molecule has 2 N–H and O–H groups in total. The molecule has 4 rings (SSSR count). The van der Waals surface area contributed by atoms with Gasteiger partial charge in [0.25, 0.3) is 0 Å². The van der Waals surface area contributed by atoms with Crippen LogP contribution in [0.3, 0.4) is 0 Å². The van der Waals surface area contributed by atoms with Crippen LogP contribution in [0.5, 0.6) is 0 Å². The van der Waals surface area contributed by atoms with Gasteiger partial charge in [-0.05, 0) is 63.4 Å². The summed E-state index contributed by atoms with van der Waals surface area (Å²) in [6.45, 7) is 6.87. The second-order valence-electron chi connectivity index (χ2n) is 8.45. The summed E-state index contributed by atoms with van der Waals surface area (Å²) in [4.78, 5) is 33.7. The number of urea groups is 1. The SMILES string of the molecule is Cc1nc(CN2CCC(C(=O)NCc3cccc(NC(=O)N4CCCC4)c3)CC2)cs1. The molecule has 2 aromatic rings. The molecule has 2 aliphatic rings. The summed E-state index contributed by atoms with van der Waals surface area (Å²) in [6, 6.07) is 7.67. The van der Waals surface area contributed by atoms with Crippen molar-refractivity contribution >= 4 is 29.0 Å². The highest BCUT2D eigenvalue weighted by atomic mass is 32.1. The predicted octanol–water partition coefficient (Wildman–Crippen LogP) is 3.61. The molecule has 1 aromatic carbocycles. The van der Waals surface area contributed by atoms with Gasteiger partial charge >= 0.3 is 6.03 Å². The minimum Gasteiger partial charge on any atom is -0.352 e. The largest absolute Gasteiger partial charge is 0.352 e. The van der Waals surface area contributed by atoms with Crippen molar-refractivity contribution in [3.8, 4) is 0 Å². The van der Waals surface area contributed by atoms with Gasteiger partial charge in [0, 0.05) is 43.2 Å². The Labute approximate surface area is 187 Å². The number of anilines is 1.